The zero-order valence-electron chi connectivity index (χ0n) is 17.1. The van der Waals surface area contributed by atoms with E-state index in [1.165, 1.54) is 18.2 Å². The van der Waals surface area contributed by atoms with Crippen LogP contribution in [-0.4, -0.2) is 17.4 Å². The Morgan fingerprint density at radius 3 is 2.22 bits per heavy atom. The van der Waals surface area contributed by atoms with Gasteiger partial charge in [0, 0.05) is 18.0 Å². The Balaban J connectivity index is 1.75. The zero-order chi connectivity index (χ0) is 22.7. The second kappa shape index (κ2) is 9.76. The Hall–Kier alpha value is -2.83. The number of ether oxygens (including phenoxy) is 1. The number of amides is 1. The van der Waals surface area contributed by atoms with E-state index in [1.54, 1.807) is 41.3 Å². The molecule has 0 aliphatic carbocycles. The van der Waals surface area contributed by atoms with Crippen molar-refractivity contribution in [2.75, 3.05) is 6.54 Å². The van der Waals surface area contributed by atoms with Crippen LogP contribution in [0.15, 0.2) is 66.7 Å². The number of likely N-dealkylation sites (tertiary alicyclic amines) is 1. The fourth-order valence-electron chi connectivity index (χ4n) is 3.97. The summed E-state index contributed by atoms with van der Waals surface area (Å²) in [6.45, 7) is 0.645. The third-order valence-electron chi connectivity index (χ3n) is 5.56. The van der Waals surface area contributed by atoms with E-state index >= 15 is 0 Å². The Morgan fingerprint density at radius 1 is 0.906 bits per heavy atom. The Labute approximate surface area is 189 Å². The molecule has 1 fully saturated rings. The van der Waals surface area contributed by atoms with Crippen LogP contribution in [0.25, 0.3) is 0 Å². The second-order valence-electron chi connectivity index (χ2n) is 7.72. The van der Waals surface area contributed by atoms with E-state index in [0.717, 1.165) is 17.7 Å². The molecule has 0 saturated carbocycles. The molecule has 1 heterocycles. The van der Waals surface area contributed by atoms with Gasteiger partial charge in [-0.2, -0.15) is 0 Å². The van der Waals surface area contributed by atoms with Gasteiger partial charge in [-0.3, -0.25) is 4.79 Å². The van der Waals surface area contributed by atoms with E-state index < -0.39 is 29.6 Å². The van der Waals surface area contributed by atoms with Crippen molar-refractivity contribution in [1.82, 2.24) is 4.90 Å². The fraction of sp³-hybridized carbons (Fsp3) is 0.240. The normalized spacial score (nSPS) is 15.8. The number of halogens is 4. The molecule has 0 aromatic heterocycles. The molecular formula is C25H21ClF3NO2. The van der Waals surface area contributed by atoms with Gasteiger partial charge >= 0.3 is 0 Å². The molecule has 166 valence electrons. The van der Waals surface area contributed by atoms with Crippen molar-refractivity contribution in [1.29, 1.82) is 0 Å². The summed E-state index contributed by atoms with van der Waals surface area (Å²) in [5.41, 5.74) is 1.85. The summed E-state index contributed by atoms with van der Waals surface area (Å²) >= 11 is 5.96. The summed E-state index contributed by atoms with van der Waals surface area (Å²) in [5.74, 6) is -2.46. The van der Waals surface area contributed by atoms with Gasteiger partial charge in [0.25, 0.3) is 0 Å². The molecule has 1 aliphatic rings. The van der Waals surface area contributed by atoms with E-state index in [2.05, 4.69) is 0 Å². The first-order chi connectivity index (χ1) is 15.4. The highest BCUT2D eigenvalue weighted by Gasteiger charge is 2.36. The standard InChI is InChI=1S/C25H21ClF3NO2/c26-19-8-3-16(4-9-19)15-32-25(18-7-12-21(28)22(29)14-18)24(30-13-1-2-23(30)31)17-5-10-20(27)11-6-17/h3-12,14,24-25H,1-2,13,15H2/t24-,25+/m0/s1. The lowest BCUT2D eigenvalue weighted by molar-refractivity contribution is -0.134. The quantitative estimate of drug-likeness (QED) is 0.410. The molecule has 3 aromatic rings. The summed E-state index contributed by atoms with van der Waals surface area (Å²) in [4.78, 5) is 14.3. The average molecular weight is 460 g/mol. The zero-order valence-corrected chi connectivity index (χ0v) is 17.9. The van der Waals surface area contributed by atoms with Crippen molar-refractivity contribution >= 4 is 17.5 Å². The van der Waals surface area contributed by atoms with Gasteiger partial charge in [-0.15, -0.1) is 0 Å². The molecule has 4 rings (SSSR count). The van der Waals surface area contributed by atoms with Gasteiger partial charge in [0.2, 0.25) is 5.91 Å². The second-order valence-corrected chi connectivity index (χ2v) is 8.16. The Bertz CT molecular complexity index is 1090. The minimum absolute atomic E-state index is 0.0676. The Kier molecular flexibility index (Phi) is 6.82. The van der Waals surface area contributed by atoms with Crippen molar-refractivity contribution in [3.63, 3.8) is 0 Å². The number of benzene rings is 3. The van der Waals surface area contributed by atoms with Crippen LogP contribution in [0.4, 0.5) is 13.2 Å². The van der Waals surface area contributed by atoms with E-state index in [1.807, 2.05) is 0 Å². The van der Waals surface area contributed by atoms with E-state index in [9.17, 15) is 18.0 Å². The van der Waals surface area contributed by atoms with Gasteiger partial charge in [-0.1, -0.05) is 41.9 Å². The van der Waals surface area contributed by atoms with Crippen LogP contribution in [0.1, 0.15) is 41.7 Å². The molecule has 0 spiro atoms. The van der Waals surface area contributed by atoms with Gasteiger partial charge < -0.3 is 9.64 Å². The SMILES string of the molecule is O=C1CCCN1[C@@H](c1ccc(F)cc1)[C@H](OCc1ccc(Cl)cc1)c1ccc(F)c(F)c1. The summed E-state index contributed by atoms with van der Waals surface area (Å²) in [6, 6.07) is 15.8. The van der Waals surface area contributed by atoms with Crippen LogP contribution in [0, 0.1) is 17.5 Å². The maximum atomic E-state index is 14.1. The molecule has 1 amide bonds. The van der Waals surface area contributed by atoms with Gasteiger partial charge in [0.15, 0.2) is 11.6 Å². The molecule has 1 saturated heterocycles. The number of hydrogen-bond donors (Lipinski definition) is 0. The third kappa shape index (κ3) is 4.97. The first-order valence-corrected chi connectivity index (χ1v) is 10.7. The molecule has 7 heteroatoms. The smallest absolute Gasteiger partial charge is 0.223 e. The number of hydrogen-bond acceptors (Lipinski definition) is 2. The van der Waals surface area contributed by atoms with Crippen LogP contribution in [0.3, 0.4) is 0 Å². The van der Waals surface area contributed by atoms with Crippen molar-refractivity contribution < 1.29 is 22.7 Å². The van der Waals surface area contributed by atoms with Crippen LogP contribution < -0.4 is 0 Å². The molecule has 32 heavy (non-hydrogen) atoms. The number of rotatable bonds is 7. The summed E-state index contributed by atoms with van der Waals surface area (Å²) in [5, 5.41) is 0.581. The maximum Gasteiger partial charge on any atom is 0.223 e. The number of carbonyl (C=O) groups excluding carboxylic acids is 1. The third-order valence-corrected chi connectivity index (χ3v) is 5.81. The van der Waals surface area contributed by atoms with Crippen molar-refractivity contribution in [3.8, 4) is 0 Å². The van der Waals surface area contributed by atoms with E-state index in [0.29, 0.717) is 35.5 Å². The molecule has 0 bridgehead atoms. The topological polar surface area (TPSA) is 29.5 Å². The molecule has 0 radical (unpaired) electrons. The molecule has 0 unspecified atom stereocenters. The number of carbonyl (C=O) groups is 1. The van der Waals surface area contributed by atoms with Crippen molar-refractivity contribution in [3.05, 3.63) is 106 Å². The molecule has 2 atom stereocenters. The molecule has 3 nitrogen and oxygen atoms in total. The van der Waals surface area contributed by atoms with Crippen LogP contribution in [0.5, 0.6) is 0 Å². The van der Waals surface area contributed by atoms with Gasteiger partial charge in [-0.05, 0) is 59.5 Å². The summed E-state index contributed by atoms with van der Waals surface area (Å²) < 4.78 is 47.6. The van der Waals surface area contributed by atoms with Gasteiger partial charge in [-0.25, -0.2) is 13.2 Å². The first-order valence-electron chi connectivity index (χ1n) is 10.3. The van der Waals surface area contributed by atoms with Crippen LogP contribution in [0.2, 0.25) is 5.02 Å². The van der Waals surface area contributed by atoms with Crippen LogP contribution >= 0.6 is 11.6 Å². The monoisotopic (exact) mass is 459 g/mol. The highest BCUT2D eigenvalue weighted by atomic mass is 35.5. The van der Waals surface area contributed by atoms with Gasteiger partial charge in [0.05, 0.1) is 12.6 Å². The predicted octanol–water partition coefficient (Wildman–Crippen LogP) is 6.38. The Morgan fingerprint density at radius 2 is 1.59 bits per heavy atom. The number of nitrogens with zero attached hydrogens (tertiary/aromatic N) is 1. The molecular weight excluding hydrogens is 439 g/mol. The van der Waals surface area contributed by atoms with E-state index in [4.69, 9.17) is 16.3 Å². The van der Waals surface area contributed by atoms with Crippen molar-refractivity contribution in [2.24, 2.45) is 0 Å². The molecule has 0 N–H and O–H groups in total. The maximum absolute atomic E-state index is 14.1. The lowest BCUT2D eigenvalue weighted by Crippen LogP contribution is -2.35. The van der Waals surface area contributed by atoms with Crippen LogP contribution in [-0.2, 0) is 16.1 Å². The minimum atomic E-state index is -1.01. The lowest BCUT2D eigenvalue weighted by atomic mass is 9.94. The predicted molar refractivity (Wildman–Crippen MR) is 115 cm³/mol. The largest absolute Gasteiger partial charge is 0.366 e. The van der Waals surface area contributed by atoms with Gasteiger partial charge in [0.1, 0.15) is 11.9 Å². The lowest BCUT2D eigenvalue weighted by Gasteiger charge is -2.35. The fourth-order valence-corrected chi connectivity index (χ4v) is 4.09. The highest BCUT2D eigenvalue weighted by Crippen LogP contribution is 2.40. The minimum Gasteiger partial charge on any atom is -0.366 e. The summed E-state index contributed by atoms with van der Waals surface area (Å²) in [6.07, 6.45) is 0.255. The van der Waals surface area contributed by atoms with E-state index in [-0.39, 0.29) is 12.5 Å². The van der Waals surface area contributed by atoms with Crippen molar-refractivity contribution in [2.45, 2.75) is 31.6 Å². The summed E-state index contributed by atoms with van der Waals surface area (Å²) in [7, 11) is 0. The highest BCUT2D eigenvalue weighted by molar-refractivity contribution is 6.30. The first kappa shape index (κ1) is 22.4. The molecule has 1 aliphatic heterocycles. The average Bonchev–Trinajstić information content (AvgIpc) is 3.20. The molecule has 3 aromatic carbocycles.